The molecule has 0 saturated heterocycles. The van der Waals surface area contributed by atoms with Gasteiger partial charge in [0.05, 0.1) is 0 Å². The zero-order valence-electron chi connectivity index (χ0n) is 52.8. The summed E-state index contributed by atoms with van der Waals surface area (Å²) in [6.45, 7) is 7.65. The first kappa shape index (κ1) is 63.9. The number of benzene rings is 12. The molecule has 0 aliphatic heterocycles. The van der Waals surface area contributed by atoms with Gasteiger partial charge in [-0.15, -0.1) is 0 Å². The fraction of sp³-hybridized carbons (Fsp3) is 0.143. The Labute approximate surface area is 541 Å². The molecule has 0 heterocycles. The average molecular weight is 1450 g/mol. The molecule has 461 valence electrons. The predicted octanol–water partition coefficient (Wildman–Crippen LogP) is 17.6. The number of hydrogen-bond donors (Lipinski definition) is 0. The summed E-state index contributed by atoms with van der Waals surface area (Å²) < 4.78 is 3.82. The number of unbranched alkanes of at least 4 members (excludes halogenated alkanes) is 3. The molecule has 12 aromatic carbocycles. The third-order valence-corrected chi connectivity index (χ3v) is 276. The van der Waals surface area contributed by atoms with Crippen LogP contribution in [0.2, 0.25) is 13.3 Å². The van der Waals surface area contributed by atoms with Gasteiger partial charge >= 0.3 is 546 Å². The van der Waals surface area contributed by atoms with Crippen LogP contribution in [-0.2, 0) is 8.73 Å². The van der Waals surface area contributed by atoms with E-state index in [1.54, 1.807) is 63.7 Å². The second-order valence-corrected chi connectivity index (χ2v) is 133. The Morgan fingerprint density at radius 1 is 0.189 bits per heavy atom. The Morgan fingerprint density at radius 3 is 0.400 bits per heavy atom. The van der Waals surface area contributed by atoms with Crippen molar-refractivity contribution in [3.63, 3.8) is 0 Å². The molecule has 6 heteroatoms. The van der Waals surface area contributed by atoms with Crippen molar-refractivity contribution < 1.29 is 8.73 Å². The molecule has 0 saturated carbocycles. The average Bonchev–Trinajstić information content (AvgIpc) is 0.583. The van der Waals surface area contributed by atoms with E-state index in [0.717, 1.165) is 19.3 Å². The van der Waals surface area contributed by atoms with Gasteiger partial charge in [-0.1, -0.05) is 0 Å². The molecule has 0 atom stereocenters. The minimum absolute atomic E-state index is 1.12. The van der Waals surface area contributed by atoms with Crippen LogP contribution < -0.4 is 63.7 Å². The zero-order chi connectivity index (χ0) is 61.7. The molecule has 12 aromatic rings. The van der Waals surface area contributed by atoms with Crippen molar-refractivity contribution >= 4 is 101 Å². The molecule has 0 spiro atoms. The van der Waals surface area contributed by atoms with Gasteiger partial charge in [-0.25, -0.2) is 0 Å². The summed E-state index contributed by atoms with van der Waals surface area (Å²) >= 11 is -5.24. The monoisotopic (exact) mass is 1450 g/mol. The molecule has 0 aliphatic carbocycles. The third kappa shape index (κ3) is 9.53. The Morgan fingerprint density at radius 2 is 0.300 bits per heavy atom. The number of hydrogen-bond acceptors (Lipinski definition) is 0. The first-order valence-electron chi connectivity index (χ1n) is 32.9. The van der Waals surface area contributed by atoms with E-state index in [4.69, 9.17) is 0 Å². The Hall–Kier alpha value is -6.18. The number of rotatable bonds is 26. The molecule has 0 N–H and O–H groups in total. The zero-order valence-corrected chi connectivity index (χ0v) is 61.2. The van der Waals surface area contributed by atoms with Crippen LogP contribution in [0.4, 0.5) is 0 Å². The van der Waals surface area contributed by atoms with Crippen molar-refractivity contribution in [1.82, 2.24) is 0 Å². The van der Waals surface area contributed by atoms with Crippen LogP contribution in [0.5, 0.6) is 0 Å². The molecule has 0 amide bonds. The van der Waals surface area contributed by atoms with Crippen LogP contribution >= 0.6 is 21.8 Å². The van der Waals surface area contributed by atoms with Crippen LogP contribution in [0.3, 0.4) is 0 Å². The van der Waals surface area contributed by atoms with Crippen LogP contribution in [0, 0.1) is 0 Å². The van der Waals surface area contributed by atoms with E-state index in [2.05, 4.69) is 385 Å². The molecule has 0 aliphatic rings. The van der Waals surface area contributed by atoms with Crippen molar-refractivity contribution in [3.8, 4) is 0 Å². The normalized spacial score (nSPS) is 13.5. The van der Waals surface area contributed by atoms with E-state index >= 15 is 0 Å². The van der Waals surface area contributed by atoms with Crippen LogP contribution in [-0.4, -0.2) is 15.3 Å². The van der Waals surface area contributed by atoms with E-state index in [0.29, 0.717) is 0 Å². The standard InChI is InChI=1S/4C18H15P.3C4H9.Pd.Sn/c4*1-4-10-16(11-5-1)19(17-12-6-2-7-13-17)18-14-8-3-9-15-18;3*1-3-4-2;;/h4*1-15H;3*1,3-4H2,2H3;;/q;;;;;;;-4;/p+4. The third-order valence-electron chi connectivity index (χ3n) is 19.3. The van der Waals surface area contributed by atoms with E-state index in [1.165, 1.54) is 32.6 Å². The molecule has 0 unspecified atom stereocenters. The van der Waals surface area contributed by atoms with E-state index in [-0.39, 0.29) is 0 Å². The summed E-state index contributed by atoms with van der Waals surface area (Å²) in [5.41, 5.74) is -17.0. The van der Waals surface area contributed by atoms with Crippen LogP contribution in [0.1, 0.15) is 59.3 Å². The van der Waals surface area contributed by atoms with Gasteiger partial charge in [0.1, 0.15) is 0 Å². The summed E-state index contributed by atoms with van der Waals surface area (Å²) in [5, 5.41) is 18.9. The van der Waals surface area contributed by atoms with Crippen molar-refractivity contribution in [3.05, 3.63) is 364 Å². The van der Waals surface area contributed by atoms with E-state index in [9.17, 15) is 0 Å². The first-order chi connectivity index (χ1) is 44.6. The molecule has 0 radical (unpaired) electrons. The molecule has 0 fully saturated rings. The Kier molecular flexibility index (Phi) is 20.4. The van der Waals surface area contributed by atoms with Crippen molar-refractivity contribution in [2.45, 2.75) is 72.6 Å². The quantitative estimate of drug-likeness (QED) is 0.0374. The fourth-order valence-corrected chi connectivity index (χ4v) is 434. The Balaban J connectivity index is 1.78. The van der Waals surface area contributed by atoms with Crippen molar-refractivity contribution in [2.24, 2.45) is 0 Å². The SMILES string of the molecule is CCC[CH2][Sn]([CH2]CCC)([CH2]CCC)[Pd]([PH](c1ccccc1)(c1ccccc1)c1ccccc1)([PH](c1ccccc1)(c1ccccc1)c1ccccc1)([PH](c1ccccc1)(c1ccccc1)c1ccccc1)[PH](c1ccccc1)(c1ccccc1)c1ccccc1. The molecular formula is C84H91P4PdSn. The van der Waals surface area contributed by atoms with Gasteiger partial charge in [0.15, 0.2) is 0 Å². The van der Waals surface area contributed by atoms with Gasteiger partial charge in [0.25, 0.3) is 0 Å². The van der Waals surface area contributed by atoms with Gasteiger partial charge in [-0.05, 0) is 0 Å². The second-order valence-electron chi connectivity index (χ2n) is 24.0. The van der Waals surface area contributed by atoms with Crippen LogP contribution in [0.15, 0.2) is 364 Å². The van der Waals surface area contributed by atoms with Crippen molar-refractivity contribution in [2.75, 3.05) is 0 Å². The first-order valence-corrected chi connectivity index (χ1v) is 61.7. The van der Waals surface area contributed by atoms with Crippen molar-refractivity contribution in [1.29, 1.82) is 0 Å². The molecule has 90 heavy (non-hydrogen) atoms. The summed E-state index contributed by atoms with van der Waals surface area (Å²) in [4.78, 5) is 0. The van der Waals surface area contributed by atoms with Gasteiger partial charge in [-0.2, -0.15) is 0 Å². The van der Waals surface area contributed by atoms with Gasteiger partial charge in [-0.3, -0.25) is 0 Å². The van der Waals surface area contributed by atoms with Gasteiger partial charge in [0, 0.05) is 0 Å². The Bertz CT molecular complexity index is 3190. The molecular weight excluding hydrogens is 1360 g/mol. The minimum atomic E-state index is -6.04. The topological polar surface area (TPSA) is 0 Å². The predicted molar refractivity (Wildman–Crippen MR) is 411 cm³/mol. The maximum absolute atomic E-state index is 6.04. The molecule has 0 aromatic heterocycles. The summed E-state index contributed by atoms with van der Waals surface area (Å²) in [7, 11) is -6.04. The molecule has 0 nitrogen and oxygen atoms in total. The summed E-state index contributed by atoms with van der Waals surface area (Å²) in [5.74, 6) is 0. The second kappa shape index (κ2) is 28.8. The molecule has 0 bridgehead atoms. The van der Waals surface area contributed by atoms with E-state index < -0.39 is 45.8 Å². The van der Waals surface area contributed by atoms with Crippen LogP contribution in [0.25, 0.3) is 0 Å². The molecule has 12 rings (SSSR count). The van der Waals surface area contributed by atoms with Gasteiger partial charge in [0.2, 0.25) is 0 Å². The van der Waals surface area contributed by atoms with Gasteiger partial charge < -0.3 is 0 Å². The summed E-state index contributed by atoms with van der Waals surface area (Å²) in [6, 6.07) is 154. The maximum atomic E-state index is 2.76. The summed E-state index contributed by atoms with van der Waals surface area (Å²) in [6.07, 6.45) is 6.88. The van der Waals surface area contributed by atoms with E-state index in [1.807, 2.05) is 0 Å². The fourth-order valence-electron chi connectivity index (χ4n) is 16.5.